The second kappa shape index (κ2) is 5.50. The molecule has 0 amide bonds. The van der Waals surface area contributed by atoms with Gasteiger partial charge in [0.25, 0.3) is 0 Å². The van der Waals surface area contributed by atoms with Crippen molar-refractivity contribution >= 4 is 10.8 Å². The number of nitrogens with zero attached hydrogens (tertiary/aromatic N) is 1. The van der Waals surface area contributed by atoms with Crippen molar-refractivity contribution in [2.45, 2.75) is 24.8 Å². The predicted molar refractivity (Wildman–Crippen MR) is 77.2 cm³/mol. The molecule has 106 valence electrons. The lowest BCUT2D eigenvalue weighted by molar-refractivity contribution is 0.0210. The number of benzene rings is 2. The molecule has 4 heteroatoms. The third kappa shape index (κ3) is 2.43. The van der Waals surface area contributed by atoms with E-state index in [4.69, 9.17) is 0 Å². The van der Waals surface area contributed by atoms with E-state index in [1.54, 1.807) is 0 Å². The lowest BCUT2D eigenvalue weighted by Crippen LogP contribution is -2.38. The number of aliphatic hydroxyl groups is 3. The van der Waals surface area contributed by atoms with Crippen molar-refractivity contribution in [1.82, 2.24) is 4.90 Å². The summed E-state index contributed by atoms with van der Waals surface area (Å²) >= 11 is 0. The van der Waals surface area contributed by atoms with Crippen LogP contribution in [0.4, 0.5) is 0 Å². The molecule has 1 heterocycles. The van der Waals surface area contributed by atoms with E-state index in [-0.39, 0.29) is 6.61 Å². The van der Waals surface area contributed by atoms with Gasteiger partial charge in [0.05, 0.1) is 24.9 Å². The minimum atomic E-state index is -0.875. The Morgan fingerprint density at radius 2 is 1.80 bits per heavy atom. The molecule has 20 heavy (non-hydrogen) atoms. The number of rotatable bonds is 3. The SMILES string of the molecule is OC[C@@H]1[C@H](O)[C@H](O)CN1Cc1ccc2ccccc2c1. The van der Waals surface area contributed by atoms with Crippen LogP contribution in [-0.2, 0) is 6.54 Å². The molecule has 1 aliphatic heterocycles. The zero-order chi connectivity index (χ0) is 14.1. The van der Waals surface area contributed by atoms with Crippen LogP contribution in [0.15, 0.2) is 42.5 Å². The number of β-amino-alcohol motifs (C(OH)–C–C–N with tert-alkyl or cyclic N) is 1. The first-order chi connectivity index (χ1) is 9.69. The zero-order valence-corrected chi connectivity index (χ0v) is 11.2. The maximum atomic E-state index is 9.83. The lowest BCUT2D eigenvalue weighted by Gasteiger charge is -2.23. The quantitative estimate of drug-likeness (QED) is 0.772. The highest BCUT2D eigenvalue weighted by Crippen LogP contribution is 2.23. The Balaban J connectivity index is 1.82. The predicted octanol–water partition coefficient (Wildman–Crippen LogP) is 0.738. The fourth-order valence-corrected chi connectivity index (χ4v) is 2.93. The van der Waals surface area contributed by atoms with Gasteiger partial charge in [-0.2, -0.15) is 0 Å². The van der Waals surface area contributed by atoms with E-state index in [0.29, 0.717) is 13.1 Å². The Hall–Kier alpha value is -1.46. The van der Waals surface area contributed by atoms with Gasteiger partial charge in [-0.3, -0.25) is 4.90 Å². The van der Waals surface area contributed by atoms with Crippen molar-refractivity contribution in [1.29, 1.82) is 0 Å². The first-order valence-corrected chi connectivity index (χ1v) is 6.88. The summed E-state index contributed by atoms with van der Waals surface area (Å²) in [7, 11) is 0. The maximum absolute atomic E-state index is 9.83. The van der Waals surface area contributed by atoms with E-state index in [9.17, 15) is 15.3 Å². The van der Waals surface area contributed by atoms with Crippen LogP contribution in [-0.4, -0.2) is 51.6 Å². The molecule has 1 saturated heterocycles. The normalized spacial score (nSPS) is 27.2. The second-order valence-electron chi connectivity index (χ2n) is 5.42. The minimum absolute atomic E-state index is 0.147. The number of hydrogen-bond acceptors (Lipinski definition) is 4. The molecule has 1 aliphatic rings. The van der Waals surface area contributed by atoms with Crippen LogP contribution in [0.25, 0.3) is 10.8 Å². The average Bonchev–Trinajstić information content (AvgIpc) is 2.73. The summed E-state index contributed by atoms with van der Waals surface area (Å²) in [6.07, 6.45) is -1.66. The Morgan fingerprint density at radius 1 is 1.05 bits per heavy atom. The molecule has 3 N–H and O–H groups in total. The highest BCUT2D eigenvalue weighted by Gasteiger charge is 2.39. The molecule has 3 atom stereocenters. The zero-order valence-electron chi connectivity index (χ0n) is 11.2. The monoisotopic (exact) mass is 273 g/mol. The third-order valence-corrected chi connectivity index (χ3v) is 4.07. The Morgan fingerprint density at radius 3 is 2.55 bits per heavy atom. The third-order valence-electron chi connectivity index (χ3n) is 4.07. The van der Waals surface area contributed by atoms with Gasteiger partial charge in [-0.15, -0.1) is 0 Å². The fraction of sp³-hybridized carbons (Fsp3) is 0.375. The molecule has 0 aliphatic carbocycles. The second-order valence-corrected chi connectivity index (χ2v) is 5.42. The smallest absolute Gasteiger partial charge is 0.0988 e. The van der Waals surface area contributed by atoms with Gasteiger partial charge < -0.3 is 15.3 Å². The minimum Gasteiger partial charge on any atom is -0.395 e. The first-order valence-electron chi connectivity index (χ1n) is 6.88. The highest BCUT2D eigenvalue weighted by molar-refractivity contribution is 5.82. The van der Waals surface area contributed by atoms with E-state index < -0.39 is 18.2 Å². The molecule has 0 spiro atoms. The maximum Gasteiger partial charge on any atom is 0.0988 e. The first kappa shape index (κ1) is 13.5. The standard InChI is InChI=1S/C16H19NO3/c18-10-14-16(20)15(19)9-17(14)8-11-5-6-12-3-1-2-4-13(12)7-11/h1-7,14-16,18-20H,8-10H2/t14-,15-,16+/m1/s1. The van der Waals surface area contributed by atoms with Crippen molar-refractivity contribution in [2.75, 3.05) is 13.2 Å². The van der Waals surface area contributed by atoms with Crippen molar-refractivity contribution in [3.8, 4) is 0 Å². The molecule has 4 nitrogen and oxygen atoms in total. The van der Waals surface area contributed by atoms with Crippen LogP contribution in [0.3, 0.4) is 0 Å². The van der Waals surface area contributed by atoms with Crippen LogP contribution >= 0.6 is 0 Å². The molecular formula is C16H19NO3. The molecule has 3 rings (SSSR count). The number of hydrogen-bond donors (Lipinski definition) is 3. The van der Waals surface area contributed by atoms with Crippen molar-refractivity contribution in [3.05, 3.63) is 48.0 Å². The number of aliphatic hydroxyl groups excluding tert-OH is 3. The molecule has 0 aromatic heterocycles. The fourth-order valence-electron chi connectivity index (χ4n) is 2.93. The molecule has 0 unspecified atom stereocenters. The van der Waals surface area contributed by atoms with Gasteiger partial charge >= 0.3 is 0 Å². The summed E-state index contributed by atoms with van der Waals surface area (Å²) in [4.78, 5) is 1.93. The summed E-state index contributed by atoms with van der Waals surface area (Å²) in [5.74, 6) is 0. The lowest BCUT2D eigenvalue weighted by atomic mass is 10.1. The molecule has 2 aromatic rings. The van der Waals surface area contributed by atoms with Crippen LogP contribution in [0.1, 0.15) is 5.56 Å². The van der Waals surface area contributed by atoms with Gasteiger partial charge in [0.15, 0.2) is 0 Å². The van der Waals surface area contributed by atoms with Crippen LogP contribution in [0.2, 0.25) is 0 Å². The molecular weight excluding hydrogens is 254 g/mol. The number of fused-ring (bicyclic) bond motifs is 1. The summed E-state index contributed by atoms with van der Waals surface area (Å²) in [6.45, 7) is 0.856. The molecule has 1 fully saturated rings. The van der Waals surface area contributed by atoms with Crippen LogP contribution in [0, 0.1) is 0 Å². The molecule has 0 bridgehead atoms. The van der Waals surface area contributed by atoms with Crippen LogP contribution < -0.4 is 0 Å². The number of likely N-dealkylation sites (tertiary alicyclic amines) is 1. The van der Waals surface area contributed by atoms with E-state index in [1.165, 1.54) is 10.8 Å². The van der Waals surface area contributed by atoms with E-state index >= 15 is 0 Å². The van der Waals surface area contributed by atoms with E-state index in [1.807, 2.05) is 23.1 Å². The van der Waals surface area contributed by atoms with Gasteiger partial charge in [-0.25, -0.2) is 0 Å². The Labute approximate surface area is 117 Å². The van der Waals surface area contributed by atoms with E-state index in [2.05, 4.69) is 24.3 Å². The Kier molecular flexibility index (Phi) is 3.72. The van der Waals surface area contributed by atoms with Gasteiger partial charge in [0.1, 0.15) is 0 Å². The van der Waals surface area contributed by atoms with Crippen molar-refractivity contribution < 1.29 is 15.3 Å². The average molecular weight is 273 g/mol. The topological polar surface area (TPSA) is 63.9 Å². The summed E-state index contributed by atoms with van der Waals surface area (Å²) in [5, 5.41) is 31.3. The molecule has 0 radical (unpaired) electrons. The summed E-state index contributed by atoms with van der Waals surface area (Å²) in [5.41, 5.74) is 1.11. The largest absolute Gasteiger partial charge is 0.395 e. The van der Waals surface area contributed by atoms with Crippen molar-refractivity contribution in [2.24, 2.45) is 0 Å². The van der Waals surface area contributed by atoms with Gasteiger partial charge in [-0.1, -0.05) is 36.4 Å². The van der Waals surface area contributed by atoms with Crippen molar-refractivity contribution in [3.63, 3.8) is 0 Å². The summed E-state index contributed by atoms with van der Waals surface area (Å²) in [6, 6.07) is 14.0. The van der Waals surface area contributed by atoms with Gasteiger partial charge in [0.2, 0.25) is 0 Å². The highest BCUT2D eigenvalue weighted by atomic mass is 16.3. The molecule has 0 saturated carbocycles. The molecule has 2 aromatic carbocycles. The van der Waals surface area contributed by atoms with Gasteiger partial charge in [0, 0.05) is 13.1 Å². The summed E-state index contributed by atoms with van der Waals surface area (Å²) < 4.78 is 0. The van der Waals surface area contributed by atoms with Gasteiger partial charge in [-0.05, 0) is 22.4 Å². The van der Waals surface area contributed by atoms with E-state index in [0.717, 1.165) is 5.56 Å². The van der Waals surface area contributed by atoms with Crippen LogP contribution in [0.5, 0.6) is 0 Å². The Bertz CT molecular complexity index is 601.